The van der Waals surface area contributed by atoms with Crippen LogP contribution in [-0.2, 0) is 0 Å². The molecular weight excluding hydrogens is 240 g/mol. The van der Waals surface area contributed by atoms with Gasteiger partial charge < -0.3 is 5.32 Å². The predicted molar refractivity (Wildman–Crippen MR) is 50.7 cm³/mol. The molecule has 0 heterocycles. The van der Waals surface area contributed by atoms with Crippen molar-refractivity contribution in [2.24, 2.45) is 0 Å². The molecule has 2 rings (SSSR count). The van der Waals surface area contributed by atoms with Gasteiger partial charge in [0, 0.05) is 10.5 Å². The van der Waals surface area contributed by atoms with Gasteiger partial charge in [0.05, 0.1) is 5.69 Å². The fourth-order valence-corrected chi connectivity index (χ4v) is 1.54. The highest BCUT2D eigenvalue weighted by Crippen LogP contribution is 2.29. The summed E-state index contributed by atoms with van der Waals surface area (Å²) in [6.07, 6.45) is 2.07. The van der Waals surface area contributed by atoms with Crippen LogP contribution in [0, 0.1) is 11.6 Å². The third-order valence-corrected chi connectivity index (χ3v) is 2.39. The van der Waals surface area contributed by atoms with Crippen molar-refractivity contribution in [3.63, 3.8) is 0 Å². The molecule has 1 aliphatic rings. The van der Waals surface area contributed by atoms with Gasteiger partial charge in [-0.05, 0) is 25.0 Å². The normalized spacial score (nSPS) is 15.9. The van der Waals surface area contributed by atoms with Crippen LogP contribution in [0.1, 0.15) is 12.8 Å². The second-order valence-electron chi connectivity index (χ2n) is 3.17. The number of benzene rings is 1. The minimum atomic E-state index is -0.822. The maximum Gasteiger partial charge on any atom is 0.181 e. The average Bonchev–Trinajstić information content (AvgIpc) is 2.83. The summed E-state index contributed by atoms with van der Waals surface area (Å²) >= 11 is 3.11. The van der Waals surface area contributed by atoms with Crippen LogP contribution < -0.4 is 5.32 Å². The van der Waals surface area contributed by atoms with E-state index in [9.17, 15) is 8.78 Å². The molecule has 13 heavy (non-hydrogen) atoms. The van der Waals surface area contributed by atoms with Crippen LogP contribution in [0.5, 0.6) is 0 Å². The molecule has 0 amide bonds. The lowest BCUT2D eigenvalue weighted by Crippen LogP contribution is -2.04. The Balaban J connectivity index is 2.30. The Bertz CT molecular complexity index is 337. The summed E-state index contributed by atoms with van der Waals surface area (Å²) in [6, 6.07) is 2.99. The minimum Gasteiger partial charge on any atom is -0.380 e. The summed E-state index contributed by atoms with van der Waals surface area (Å²) in [5.41, 5.74) is 0.245. The molecule has 1 nitrogen and oxygen atoms in total. The highest BCUT2D eigenvalue weighted by atomic mass is 79.9. The number of hydrogen-bond donors (Lipinski definition) is 1. The van der Waals surface area contributed by atoms with E-state index in [0.29, 0.717) is 10.5 Å². The second kappa shape index (κ2) is 3.25. The van der Waals surface area contributed by atoms with Crippen molar-refractivity contribution in [1.29, 1.82) is 0 Å². The minimum absolute atomic E-state index is 0.245. The number of hydrogen-bond acceptors (Lipinski definition) is 1. The molecule has 0 saturated heterocycles. The summed E-state index contributed by atoms with van der Waals surface area (Å²) in [7, 11) is 0. The van der Waals surface area contributed by atoms with Gasteiger partial charge in [0.25, 0.3) is 0 Å². The van der Waals surface area contributed by atoms with Crippen molar-refractivity contribution in [3.8, 4) is 0 Å². The van der Waals surface area contributed by atoms with Crippen molar-refractivity contribution in [1.82, 2.24) is 0 Å². The maximum absolute atomic E-state index is 13.1. The summed E-state index contributed by atoms with van der Waals surface area (Å²) < 4.78 is 26.5. The standard InChI is InChI=1S/C9H8BrF2N/c10-5-3-7(11)9(12)8(4-5)13-6-1-2-6/h3-4,6,13H,1-2H2. The SMILES string of the molecule is Fc1cc(Br)cc(NC2CC2)c1F. The highest BCUT2D eigenvalue weighted by Gasteiger charge is 2.23. The van der Waals surface area contributed by atoms with E-state index in [1.165, 1.54) is 0 Å². The average molecular weight is 248 g/mol. The van der Waals surface area contributed by atoms with E-state index < -0.39 is 11.6 Å². The van der Waals surface area contributed by atoms with Gasteiger partial charge >= 0.3 is 0 Å². The van der Waals surface area contributed by atoms with Gasteiger partial charge in [0.1, 0.15) is 0 Å². The monoisotopic (exact) mass is 247 g/mol. The van der Waals surface area contributed by atoms with E-state index in [4.69, 9.17) is 0 Å². The number of halogens is 3. The fourth-order valence-electron chi connectivity index (χ4n) is 1.11. The van der Waals surface area contributed by atoms with E-state index >= 15 is 0 Å². The summed E-state index contributed by atoms with van der Waals surface area (Å²) in [6.45, 7) is 0. The summed E-state index contributed by atoms with van der Waals surface area (Å²) in [5.74, 6) is -1.62. The van der Waals surface area contributed by atoms with E-state index in [0.717, 1.165) is 18.9 Å². The third-order valence-electron chi connectivity index (χ3n) is 1.93. The first-order valence-corrected chi connectivity index (χ1v) is 4.87. The number of rotatable bonds is 2. The van der Waals surface area contributed by atoms with Gasteiger partial charge in [-0.3, -0.25) is 0 Å². The Kier molecular flexibility index (Phi) is 2.24. The zero-order valence-electron chi connectivity index (χ0n) is 6.78. The van der Waals surface area contributed by atoms with Crippen molar-refractivity contribution >= 4 is 21.6 Å². The molecular formula is C9H8BrF2N. The number of nitrogens with one attached hydrogen (secondary N) is 1. The predicted octanol–water partition coefficient (Wildman–Crippen LogP) is 3.30. The Morgan fingerprint density at radius 1 is 1.31 bits per heavy atom. The zero-order valence-corrected chi connectivity index (χ0v) is 8.37. The van der Waals surface area contributed by atoms with E-state index in [1.807, 2.05) is 0 Å². The van der Waals surface area contributed by atoms with Gasteiger partial charge in [-0.2, -0.15) is 0 Å². The first kappa shape index (κ1) is 8.94. The lowest BCUT2D eigenvalue weighted by atomic mass is 10.3. The third kappa shape index (κ3) is 1.99. The summed E-state index contributed by atoms with van der Waals surface area (Å²) in [5, 5.41) is 2.92. The van der Waals surface area contributed by atoms with Gasteiger partial charge in [-0.15, -0.1) is 0 Å². The topological polar surface area (TPSA) is 12.0 Å². The molecule has 0 spiro atoms. The first-order valence-electron chi connectivity index (χ1n) is 4.08. The largest absolute Gasteiger partial charge is 0.380 e. The van der Waals surface area contributed by atoms with Crippen LogP contribution in [0.15, 0.2) is 16.6 Å². The lowest BCUT2D eigenvalue weighted by Gasteiger charge is -2.06. The molecule has 0 radical (unpaired) electrons. The lowest BCUT2D eigenvalue weighted by molar-refractivity contribution is 0.510. The maximum atomic E-state index is 13.1. The molecule has 1 N–H and O–H groups in total. The van der Waals surface area contributed by atoms with Crippen molar-refractivity contribution < 1.29 is 8.78 Å². The molecule has 0 bridgehead atoms. The Labute approximate surface area is 83.3 Å². The van der Waals surface area contributed by atoms with Crippen LogP contribution >= 0.6 is 15.9 Å². The van der Waals surface area contributed by atoms with Crippen molar-refractivity contribution in [3.05, 3.63) is 28.2 Å². The quantitative estimate of drug-likeness (QED) is 0.792. The van der Waals surface area contributed by atoms with Crippen molar-refractivity contribution in [2.75, 3.05) is 5.32 Å². The zero-order chi connectivity index (χ0) is 9.42. The van der Waals surface area contributed by atoms with Crippen LogP contribution in [-0.4, -0.2) is 6.04 Å². The van der Waals surface area contributed by atoms with Gasteiger partial charge in [-0.1, -0.05) is 15.9 Å². The van der Waals surface area contributed by atoms with Crippen molar-refractivity contribution in [2.45, 2.75) is 18.9 Å². The van der Waals surface area contributed by atoms with Crippen LogP contribution in [0.4, 0.5) is 14.5 Å². The molecule has 0 aliphatic heterocycles. The Hall–Kier alpha value is -0.640. The van der Waals surface area contributed by atoms with Crippen LogP contribution in [0.3, 0.4) is 0 Å². The molecule has 0 unspecified atom stereocenters. The van der Waals surface area contributed by atoms with Crippen LogP contribution in [0.2, 0.25) is 0 Å². The molecule has 1 saturated carbocycles. The molecule has 0 atom stereocenters. The van der Waals surface area contributed by atoms with E-state index in [-0.39, 0.29) is 5.69 Å². The molecule has 1 fully saturated rings. The second-order valence-corrected chi connectivity index (χ2v) is 4.08. The van der Waals surface area contributed by atoms with E-state index in [1.54, 1.807) is 6.07 Å². The molecule has 1 aromatic rings. The number of anilines is 1. The molecule has 1 aliphatic carbocycles. The first-order chi connectivity index (χ1) is 6.16. The van der Waals surface area contributed by atoms with Gasteiger partial charge in [0.2, 0.25) is 0 Å². The van der Waals surface area contributed by atoms with Gasteiger partial charge in [-0.25, -0.2) is 8.78 Å². The molecule has 70 valence electrons. The fraction of sp³-hybridized carbons (Fsp3) is 0.333. The smallest absolute Gasteiger partial charge is 0.181 e. The highest BCUT2D eigenvalue weighted by molar-refractivity contribution is 9.10. The molecule has 0 aromatic heterocycles. The Morgan fingerprint density at radius 2 is 2.00 bits per heavy atom. The van der Waals surface area contributed by atoms with E-state index in [2.05, 4.69) is 21.2 Å². The van der Waals surface area contributed by atoms with Crippen LogP contribution in [0.25, 0.3) is 0 Å². The van der Waals surface area contributed by atoms with Gasteiger partial charge in [0.15, 0.2) is 11.6 Å². The molecule has 1 aromatic carbocycles. The summed E-state index contributed by atoms with van der Waals surface area (Å²) in [4.78, 5) is 0. The Morgan fingerprint density at radius 3 is 2.62 bits per heavy atom. The molecule has 4 heteroatoms.